The van der Waals surface area contributed by atoms with E-state index in [1.54, 1.807) is 19.2 Å². The molecular weight excluding hydrogens is 386 g/mol. The number of H-pyrrole nitrogens is 1. The highest BCUT2D eigenvalue weighted by atomic mass is 16.5. The molecule has 0 aliphatic rings. The van der Waals surface area contributed by atoms with Gasteiger partial charge < -0.3 is 15.4 Å². The van der Waals surface area contributed by atoms with Gasteiger partial charge in [0.15, 0.2) is 5.69 Å². The summed E-state index contributed by atoms with van der Waals surface area (Å²) in [5.41, 5.74) is 6.01. The van der Waals surface area contributed by atoms with E-state index < -0.39 is 17.2 Å². The van der Waals surface area contributed by atoms with E-state index in [-0.39, 0.29) is 24.6 Å². The van der Waals surface area contributed by atoms with Crippen LogP contribution in [0.1, 0.15) is 22.3 Å². The Morgan fingerprint density at radius 3 is 2.53 bits per heavy atom. The molecule has 3 rings (SSSR count). The summed E-state index contributed by atoms with van der Waals surface area (Å²) in [6.45, 7) is 0.734. The van der Waals surface area contributed by atoms with E-state index in [1.165, 1.54) is 21.9 Å². The Labute approximate surface area is 172 Å². The van der Waals surface area contributed by atoms with Crippen molar-refractivity contribution in [2.24, 2.45) is 0 Å². The van der Waals surface area contributed by atoms with Crippen molar-refractivity contribution in [3.63, 3.8) is 0 Å². The van der Waals surface area contributed by atoms with Crippen LogP contribution >= 0.6 is 0 Å². The second kappa shape index (κ2) is 9.66. The summed E-state index contributed by atoms with van der Waals surface area (Å²) in [5.74, 6) is -0.497. The number of nitrogens with one attached hydrogen (secondary N) is 1. The number of ether oxygens (including phenoxy) is 1. The van der Waals surface area contributed by atoms with Crippen molar-refractivity contribution < 1.29 is 9.53 Å². The summed E-state index contributed by atoms with van der Waals surface area (Å²) in [5, 5.41) is 0. The lowest BCUT2D eigenvalue weighted by Gasteiger charge is -2.24. The number of benzene rings is 1. The lowest BCUT2D eigenvalue weighted by molar-refractivity contribution is 0.0983. The second-order valence-electron chi connectivity index (χ2n) is 6.60. The molecule has 0 atom stereocenters. The fraction of sp³-hybridized carbons (Fsp3) is 0.238. The van der Waals surface area contributed by atoms with Gasteiger partial charge >= 0.3 is 5.69 Å². The molecule has 2 aromatic heterocycles. The molecule has 3 aromatic rings. The molecule has 0 saturated heterocycles. The maximum Gasteiger partial charge on any atom is 0.330 e. The Morgan fingerprint density at radius 2 is 1.87 bits per heavy atom. The molecule has 2 heterocycles. The molecule has 0 saturated carbocycles. The molecule has 0 aliphatic heterocycles. The number of rotatable bonds is 8. The van der Waals surface area contributed by atoms with Gasteiger partial charge in [-0.2, -0.15) is 0 Å². The van der Waals surface area contributed by atoms with Gasteiger partial charge in [0.05, 0.1) is 6.54 Å². The number of carbonyl (C=O) groups excluding carboxylic acids is 1. The fourth-order valence-electron chi connectivity index (χ4n) is 3.09. The average Bonchev–Trinajstić information content (AvgIpc) is 2.76. The molecule has 30 heavy (non-hydrogen) atoms. The Balaban J connectivity index is 2.08. The molecule has 3 N–H and O–H groups in total. The number of nitrogens with zero attached hydrogens (tertiary/aromatic N) is 3. The first kappa shape index (κ1) is 21.0. The maximum absolute atomic E-state index is 13.2. The van der Waals surface area contributed by atoms with Gasteiger partial charge in [-0.25, -0.2) is 4.79 Å². The second-order valence-corrected chi connectivity index (χ2v) is 6.60. The zero-order chi connectivity index (χ0) is 21.5. The van der Waals surface area contributed by atoms with E-state index in [9.17, 15) is 14.4 Å². The first-order chi connectivity index (χ1) is 14.5. The van der Waals surface area contributed by atoms with Gasteiger partial charge in [-0.05, 0) is 24.1 Å². The quantitative estimate of drug-likeness (QED) is 0.540. The van der Waals surface area contributed by atoms with Gasteiger partial charge in [0.1, 0.15) is 5.82 Å². The Morgan fingerprint density at radius 1 is 1.17 bits per heavy atom. The summed E-state index contributed by atoms with van der Waals surface area (Å²) in [6, 6.07) is 12.3. The van der Waals surface area contributed by atoms with E-state index in [2.05, 4.69) is 9.97 Å². The van der Waals surface area contributed by atoms with E-state index >= 15 is 0 Å². The average molecular weight is 409 g/mol. The minimum Gasteiger partial charge on any atom is -0.385 e. The Hall–Kier alpha value is -3.72. The summed E-state index contributed by atoms with van der Waals surface area (Å²) in [6.07, 6.45) is 3.46. The molecular formula is C21H23N5O4. The highest BCUT2D eigenvalue weighted by Gasteiger charge is 2.25. The summed E-state index contributed by atoms with van der Waals surface area (Å²) >= 11 is 0. The topological polar surface area (TPSA) is 123 Å². The number of nitrogen functional groups attached to an aromatic ring is 1. The minimum absolute atomic E-state index is 0.0663. The number of hydrogen-bond acceptors (Lipinski definition) is 6. The van der Waals surface area contributed by atoms with E-state index in [0.29, 0.717) is 18.6 Å². The zero-order valence-electron chi connectivity index (χ0n) is 16.6. The van der Waals surface area contributed by atoms with Gasteiger partial charge in [-0.3, -0.25) is 24.1 Å². The molecule has 0 fully saturated rings. The third-order valence-corrected chi connectivity index (χ3v) is 4.57. The van der Waals surface area contributed by atoms with Gasteiger partial charge in [0, 0.05) is 38.2 Å². The number of carbonyl (C=O) groups is 1. The molecule has 0 unspecified atom stereocenters. The van der Waals surface area contributed by atoms with Gasteiger partial charge in [0.2, 0.25) is 0 Å². The van der Waals surface area contributed by atoms with Crippen molar-refractivity contribution in [3.05, 3.63) is 86.8 Å². The summed E-state index contributed by atoms with van der Waals surface area (Å²) in [4.78, 5) is 45.8. The van der Waals surface area contributed by atoms with Crippen LogP contribution in [0.15, 0.2) is 64.4 Å². The van der Waals surface area contributed by atoms with Crippen molar-refractivity contribution in [2.45, 2.75) is 13.0 Å². The van der Waals surface area contributed by atoms with E-state index in [4.69, 9.17) is 10.5 Å². The predicted molar refractivity (Wildman–Crippen MR) is 114 cm³/mol. The predicted octanol–water partition coefficient (Wildman–Crippen LogP) is 1.25. The number of aromatic amines is 1. The molecule has 1 amide bonds. The zero-order valence-corrected chi connectivity index (χ0v) is 16.6. The molecule has 0 radical (unpaired) electrons. The van der Waals surface area contributed by atoms with Crippen molar-refractivity contribution in [3.8, 4) is 0 Å². The Kier molecular flexibility index (Phi) is 6.76. The van der Waals surface area contributed by atoms with Crippen molar-refractivity contribution >= 4 is 17.4 Å². The number of methoxy groups -OCH3 is 1. The fourth-order valence-corrected chi connectivity index (χ4v) is 3.09. The lowest BCUT2D eigenvalue weighted by atomic mass is 10.2. The third kappa shape index (κ3) is 4.64. The van der Waals surface area contributed by atoms with E-state index in [0.717, 1.165) is 5.56 Å². The highest BCUT2D eigenvalue weighted by Crippen LogP contribution is 2.20. The third-order valence-electron chi connectivity index (χ3n) is 4.57. The van der Waals surface area contributed by atoms with Crippen LogP contribution in [0.25, 0.3) is 0 Å². The molecule has 1 aromatic carbocycles. The normalized spacial score (nSPS) is 10.7. The first-order valence-corrected chi connectivity index (χ1v) is 9.40. The number of anilines is 2. The van der Waals surface area contributed by atoms with Crippen molar-refractivity contribution in [1.82, 2.24) is 14.5 Å². The van der Waals surface area contributed by atoms with Gasteiger partial charge in [0.25, 0.3) is 11.5 Å². The first-order valence-electron chi connectivity index (χ1n) is 9.40. The number of amides is 1. The number of hydrogen-bond donors (Lipinski definition) is 2. The van der Waals surface area contributed by atoms with Crippen LogP contribution in [0.5, 0.6) is 0 Å². The van der Waals surface area contributed by atoms with Crippen LogP contribution in [0.2, 0.25) is 0 Å². The van der Waals surface area contributed by atoms with Crippen LogP contribution in [-0.2, 0) is 11.3 Å². The summed E-state index contributed by atoms with van der Waals surface area (Å²) < 4.78 is 6.32. The minimum atomic E-state index is -0.721. The summed E-state index contributed by atoms with van der Waals surface area (Å²) in [7, 11) is 1.55. The van der Waals surface area contributed by atoms with Gasteiger partial charge in [-0.1, -0.05) is 30.3 Å². The standard InChI is InChI=1S/C21H23N5O4/c1-30-13-5-12-25(20(28)16-8-10-23-11-9-16)17-18(22)26(21(29)24-19(17)27)14-15-6-3-2-4-7-15/h2-4,6-11H,5,12-14,22H2,1H3,(H,24,27,29). The largest absolute Gasteiger partial charge is 0.385 e. The van der Waals surface area contributed by atoms with Crippen LogP contribution in [-0.4, -0.2) is 40.7 Å². The lowest BCUT2D eigenvalue weighted by Crippen LogP contribution is -2.42. The van der Waals surface area contributed by atoms with Crippen LogP contribution < -0.4 is 21.9 Å². The molecule has 9 heteroatoms. The van der Waals surface area contributed by atoms with Crippen LogP contribution in [0, 0.1) is 0 Å². The highest BCUT2D eigenvalue weighted by molar-refractivity contribution is 6.07. The maximum atomic E-state index is 13.2. The van der Waals surface area contributed by atoms with E-state index in [1.807, 2.05) is 30.3 Å². The molecule has 0 aliphatic carbocycles. The molecule has 9 nitrogen and oxygen atoms in total. The number of nitrogens with two attached hydrogens (primary N) is 1. The number of aromatic nitrogens is 3. The van der Waals surface area contributed by atoms with Crippen molar-refractivity contribution in [2.75, 3.05) is 30.9 Å². The van der Waals surface area contributed by atoms with Gasteiger partial charge in [-0.15, -0.1) is 0 Å². The Bertz CT molecular complexity index is 1110. The molecule has 156 valence electrons. The molecule has 0 bridgehead atoms. The number of pyridine rings is 1. The van der Waals surface area contributed by atoms with Crippen molar-refractivity contribution in [1.29, 1.82) is 0 Å². The van der Waals surface area contributed by atoms with Crippen LogP contribution in [0.3, 0.4) is 0 Å². The SMILES string of the molecule is COCCCN(C(=O)c1ccncc1)c1c(N)n(Cc2ccccc2)c(=O)[nH]c1=O. The monoisotopic (exact) mass is 409 g/mol. The smallest absolute Gasteiger partial charge is 0.330 e. The van der Waals surface area contributed by atoms with Crippen LogP contribution in [0.4, 0.5) is 11.5 Å². The molecule has 0 spiro atoms.